The second-order valence-electron chi connectivity index (χ2n) is 7.01. The van der Waals surface area contributed by atoms with E-state index in [2.05, 4.69) is 15.9 Å². The van der Waals surface area contributed by atoms with Crippen LogP contribution in [0.15, 0.2) is 34.9 Å². The third kappa shape index (κ3) is 3.97. The van der Waals surface area contributed by atoms with E-state index in [4.69, 9.17) is 21.3 Å². The fourth-order valence-corrected chi connectivity index (χ4v) is 4.27. The zero-order chi connectivity index (χ0) is 20.7. The molecule has 1 saturated heterocycles. The third-order valence-electron chi connectivity index (χ3n) is 4.98. The Balaban J connectivity index is 1.81. The Labute approximate surface area is 180 Å². The number of imidazole rings is 1. The molecular weight excluding hydrogens is 465 g/mol. The molecule has 1 fully saturated rings. The first-order valence-corrected chi connectivity index (χ1v) is 10.2. The summed E-state index contributed by atoms with van der Waals surface area (Å²) in [6.45, 7) is 2.90. The van der Waals surface area contributed by atoms with Crippen molar-refractivity contribution in [3.05, 3.63) is 57.0 Å². The smallest absolute Gasteiger partial charge is 0.407 e. The molecule has 1 aliphatic heterocycles. The van der Waals surface area contributed by atoms with Crippen molar-refractivity contribution in [1.82, 2.24) is 14.3 Å². The van der Waals surface area contributed by atoms with Gasteiger partial charge in [0.25, 0.3) is 0 Å². The Hall–Kier alpha value is -2.16. The van der Waals surface area contributed by atoms with Gasteiger partial charge in [0.05, 0.1) is 40.1 Å². The molecule has 9 heteroatoms. The number of rotatable bonds is 3. The van der Waals surface area contributed by atoms with Gasteiger partial charge in [-0.05, 0) is 52.7 Å². The van der Waals surface area contributed by atoms with Crippen molar-refractivity contribution >= 4 is 39.3 Å². The molecule has 1 aromatic carbocycles. The molecule has 0 spiro atoms. The molecule has 1 aliphatic rings. The summed E-state index contributed by atoms with van der Waals surface area (Å²) in [5, 5.41) is 9.67. The van der Waals surface area contributed by atoms with Gasteiger partial charge in [-0.25, -0.2) is 14.2 Å². The number of halogens is 3. The van der Waals surface area contributed by atoms with Crippen LogP contribution < -0.4 is 0 Å². The molecule has 1 amide bonds. The minimum absolute atomic E-state index is 0.260. The van der Waals surface area contributed by atoms with Crippen LogP contribution in [0, 0.1) is 12.7 Å². The summed E-state index contributed by atoms with van der Waals surface area (Å²) in [5.74, 6) is -0.436. The number of benzene rings is 1. The van der Waals surface area contributed by atoms with E-state index in [1.54, 1.807) is 0 Å². The number of carbonyl (C=O) groups is 1. The van der Waals surface area contributed by atoms with E-state index in [9.17, 15) is 14.3 Å². The van der Waals surface area contributed by atoms with Crippen LogP contribution in [-0.4, -0.2) is 51.3 Å². The van der Waals surface area contributed by atoms with Gasteiger partial charge in [0.1, 0.15) is 11.5 Å². The summed E-state index contributed by atoms with van der Waals surface area (Å²) in [4.78, 5) is 17.4. The molecule has 1 atom stereocenters. The maximum Gasteiger partial charge on any atom is 0.407 e. The molecule has 29 heavy (non-hydrogen) atoms. The largest absolute Gasteiger partial charge is 0.465 e. The molecule has 0 bridgehead atoms. The molecule has 3 aromatic rings. The fraction of sp³-hybridized carbons (Fsp3) is 0.300. The minimum Gasteiger partial charge on any atom is -0.465 e. The van der Waals surface area contributed by atoms with Gasteiger partial charge in [-0.15, -0.1) is 0 Å². The second kappa shape index (κ2) is 7.93. The average Bonchev–Trinajstić information content (AvgIpc) is 3.02. The molecule has 3 heterocycles. The van der Waals surface area contributed by atoms with Crippen LogP contribution >= 0.6 is 27.5 Å². The van der Waals surface area contributed by atoms with Gasteiger partial charge in [-0.3, -0.25) is 0 Å². The molecule has 4 rings (SSSR count). The van der Waals surface area contributed by atoms with Crippen LogP contribution in [-0.2, 0) is 11.2 Å². The Morgan fingerprint density at radius 1 is 1.45 bits per heavy atom. The van der Waals surface area contributed by atoms with Gasteiger partial charge in [0.15, 0.2) is 0 Å². The second-order valence-corrected chi connectivity index (χ2v) is 8.27. The lowest BCUT2D eigenvalue weighted by Gasteiger charge is -2.31. The van der Waals surface area contributed by atoms with E-state index in [1.807, 2.05) is 29.7 Å². The van der Waals surface area contributed by atoms with Gasteiger partial charge in [0.2, 0.25) is 0 Å². The molecule has 2 aromatic heterocycles. The first kappa shape index (κ1) is 20.1. The normalized spacial score (nSPS) is 17.1. The maximum atomic E-state index is 14.3. The number of hydrogen-bond acceptors (Lipinski definition) is 3. The standard InChI is InChI=1S/C20H18BrClFN3O3/c1-11-2-3-26-17(7-12-10-25(20(27)28)4-5-29-12)19(24-18(26)6-11)13-8-16(23)14(21)9-15(13)22/h2-3,6,8-9,12H,4-5,7,10H2,1H3,(H,27,28). The lowest BCUT2D eigenvalue weighted by Crippen LogP contribution is -2.45. The highest BCUT2D eigenvalue weighted by molar-refractivity contribution is 9.10. The SMILES string of the molecule is Cc1ccn2c(CC3CN(C(=O)O)CCO3)c(-c3cc(F)c(Br)cc3Cl)nc2c1. The first-order chi connectivity index (χ1) is 13.8. The van der Waals surface area contributed by atoms with E-state index >= 15 is 0 Å². The van der Waals surface area contributed by atoms with Crippen molar-refractivity contribution in [2.75, 3.05) is 19.7 Å². The number of nitrogens with zero attached hydrogens (tertiary/aromatic N) is 3. The van der Waals surface area contributed by atoms with Gasteiger partial charge >= 0.3 is 6.09 Å². The number of amides is 1. The van der Waals surface area contributed by atoms with Crippen molar-refractivity contribution in [3.63, 3.8) is 0 Å². The number of carboxylic acid groups (broad SMARTS) is 1. The van der Waals surface area contributed by atoms with E-state index in [0.29, 0.717) is 41.5 Å². The van der Waals surface area contributed by atoms with Gasteiger partial charge in [-0.2, -0.15) is 0 Å². The Bertz CT molecular complexity index is 1100. The number of ether oxygens (including phenoxy) is 1. The quantitative estimate of drug-likeness (QED) is 0.545. The van der Waals surface area contributed by atoms with E-state index in [0.717, 1.165) is 11.3 Å². The summed E-state index contributed by atoms with van der Waals surface area (Å²) in [5.41, 5.74) is 3.58. The lowest BCUT2D eigenvalue weighted by molar-refractivity contribution is -0.0214. The summed E-state index contributed by atoms with van der Waals surface area (Å²) >= 11 is 9.56. The molecule has 152 valence electrons. The maximum absolute atomic E-state index is 14.3. The molecule has 0 aliphatic carbocycles. The summed E-state index contributed by atoms with van der Waals surface area (Å²) in [7, 11) is 0. The molecule has 6 nitrogen and oxygen atoms in total. The Kier molecular flexibility index (Phi) is 5.50. The minimum atomic E-state index is -0.967. The van der Waals surface area contributed by atoms with Crippen molar-refractivity contribution in [1.29, 1.82) is 0 Å². The number of fused-ring (bicyclic) bond motifs is 1. The first-order valence-electron chi connectivity index (χ1n) is 9.05. The predicted octanol–water partition coefficient (Wildman–Crippen LogP) is 4.79. The van der Waals surface area contributed by atoms with E-state index in [1.165, 1.54) is 17.0 Å². The Morgan fingerprint density at radius 2 is 2.24 bits per heavy atom. The predicted molar refractivity (Wildman–Crippen MR) is 111 cm³/mol. The highest BCUT2D eigenvalue weighted by Gasteiger charge is 2.27. The number of aryl methyl sites for hydroxylation is 1. The van der Waals surface area contributed by atoms with E-state index in [-0.39, 0.29) is 17.1 Å². The van der Waals surface area contributed by atoms with Crippen molar-refractivity contribution in [3.8, 4) is 11.3 Å². The topological polar surface area (TPSA) is 67.1 Å². The molecule has 0 saturated carbocycles. The summed E-state index contributed by atoms with van der Waals surface area (Å²) < 4.78 is 22.3. The summed E-state index contributed by atoms with van der Waals surface area (Å²) in [6.07, 6.45) is 1.01. The monoisotopic (exact) mass is 481 g/mol. The third-order valence-corrected chi connectivity index (χ3v) is 5.90. The highest BCUT2D eigenvalue weighted by atomic mass is 79.9. The van der Waals surface area contributed by atoms with Crippen LogP contribution in [0.2, 0.25) is 5.02 Å². The zero-order valence-electron chi connectivity index (χ0n) is 15.5. The molecule has 0 radical (unpaired) electrons. The fourth-order valence-electron chi connectivity index (χ4n) is 3.54. The van der Waals surface area contributed by atoms with Crippen molar-refractivity contribution in [2.45, 2.75) is 19.4 Å². The molecular formula is C20H18BrClFN3O3. The number of aromatic nitrogens is 2. The lowest BCUT2D eigenvalue weighted by atomic mass is 10.0. The molecule has 1 N–H and O–H groups in total. The molecule has 1 unspecified atom stereocenters. The van der Waals surface area contributed by atoms with Crippen LogP contribution in [0.25, 0.3) is 16.9 Å². The van der Waals surface area contributed by atoms with Gasteiger partial charge in [-0.1, -0.05) is 11.6 Å². The van der Waals surface area contributed by atoms with Crippen LogP contribution in [0.1, 0.15) is 11.3 Å². The van der Waals surface area contributed by atoms with Crippen molar-refractivity contribution in [2.24, 2.45) is 0 Å². The van der Waals surface area contributed by atoms with Gasteiger partial charge < -0.3 is 19.1 Å². The Morgan fingerprint density at radius 3 is 3.00 bits per heavy atom. The number of hydrogen-bond donors (Lipinski definition) is 1. The number of morpholine rings is 1. The summed E-state index contributed by atoms with van der Waals surface area (Å²) in [6, 6.07) is 6.75. The average molecular weight is 483 g/mol. The van der Waals surface area contributed by atoms with Crippen molar-refractivity contribution < 1.29 is 19.0 Å². The van der Waals surface area contributed by atoms with Crippen LogP contribution in [0.3, 0.4) is 0 Å². The van der Waals surface area contributed by atoms with Crippen LogP contribution in [0.5, 0.6) is 0 Å². The van der Waals surface area contributed by atoms with E-state index < -0.39 is 11.9 Å². The highest BCUT2D eigenvalue weighted by Crippen LogP contribution is 2.35. The zero-order valence-corrected chi connectivity index (χ0v) is 17.9. The van der Waals surface area contributed by atoms with Gasteiger partial charge in [0, 0.05) is 24.7 Å². The van der Waals surface area contributed by atoms with Crippen LogP contribution in [0.4, 0.5) is 9.18 Å². The number of pyridine rings is 1.